The van der Waals surface area contributed by atoms with E-state index in [0.29, 0.717) is 36.2 Å². The molecule has 1 amide bonds. The van der Waals surface area contributed by atoms with Gasteiger partial charge in [0.2, 0.25) is 11.9 Å². The number of nitrogens with one attached hydrogen (secondary N) is 1. The van der Waals surface area contributed by atoms with Gasteiger partial charge in [-0.3, -0.25) is 4.79 Å². The number of morpholine rings is 1. The molecule has 9 heteroatoms. The standard InChI is InChI=1S/C25H34F2N4O3/c1-13-11-31(12-14(2)34-13)23-28-10-19(21(30-23)18-8-25(26,27)9-18)22(32)29-20-16-3-15-4-17(20)7-24(33,5-15)6-16/h10,13-18,20,33H,3-9,11-12H2,1-2H3,(H,29,32)/t13-,14+,15?,16?,17?,20?,24?. The maximum Gasteiger partial charge on any atom is 0.254 e. The number of halogens is 2. The van der Waals surface area contributed by atoms with E-state index in [9.17, 15) is 18.7 Å². The maximum absolute atomic E-state index is 13.8. The van der Waals surface area contributed by atoms with Crippen LogP contribution in [0.5, 0.6) is 0 Å². The summed E-state index contributed by atoms with van der Waals surface area (Å²) in [6.07, 6.45) is 5.39. The predicted molar refractivity (Wildman–Crippen MR) is 121 cm³/mol. The number of ether oxygens (including phenoxy) is 1. The molecule has 34 heavy (non-hydrogen) atoms. The first-order valence-electron chi connectivity index (χ1n) is 12.8. The van der Waals surface area contributed by atoms with Gasteiger partial charge in [-0.15, -0.1) is 0 Å². The summed E-state index contributed by atoms with van der Waals surface area (Å²) in [5, 5.41) is 14.1. The third-order valence-corrected chi connectivity index (χ3v) is 8.77. The zero-order chi connectivity index (χ0) is 23.8. The largest absolute Gasteiger partial charge is 0.390 e. The minimum absolute atomic E-state index is 0.0125. The van der Waals surface area contributed by atoms with Crippen LogP contribution in [0.3, 0.4) is 0 Å². The first kappa shape index (κ1) is 22.6. The van der Waals surface area contributed by atoms with E-state index >= 15 is 0 Å². The Morgan fingerprint density at radius 2 is 1.76 bits per heavy atom. The number of alkyl halides is 2. The Balaban J connectivity index is 1.25. The molecule has 7 nitrogen and oxygen atoms in total. The van der Waals surface area contributed by atoms with E-state index in [1.54, 1.807) is 0 Å². The van der Waals surface area contributed by atoms with Crippen molar-refractivity contribution < 1.29 is 23.4 Å². The molecule has 5 aliphatic carbocycles. The summed E-state index contributed by atoms with van der Waals surface area (Å²) in [5.41, 5.74) is 0.172. The molecule has 1 aliphatic heterocycles. The van der Waals surface area contributed by atoms with E-state index in [4.69, 9.17) is 9.72 Å². The molecular formula is C25H34F2N4O3. The molecule has 4 bridgehead atoms. The Morgan fingerprint density at radius 1 is 1.12 bits per heavy atom. The second kappa shape index (κ2) is 7.82. The van der Waals surface area contributed by atoms with Crippen molar-refractivity contribution >= 4 is 11.9 Å². The van der Waals surface area contributed by atoms with Crippen LogP contribution in [0, 0.1) is 17.8 Å². The minimum atomic E-state index is -2.71. The van der Waals surface area contributed by atoms with Crippen LogP contribution in [0.4, 0.5) is 14.7 Å². The van der Waals surface area contributed by atoms with Crippen molar-refractivity contribution in [3.8, 4) is 0 Å². The van der Waals surface area contributed by atoms with Crippen molar-refractivity contribution in [3.05, 3.63) is 17.5 Å². The normalized spacial score (nSPS) is 40.8. The van der Waals surface area contributed by atoms with Gasteiger partial charge in [0.15, 0.2) is 0 Å². The van der Waals surface area contributed by atoms with Gasteiger partial charge < -0.3 is 20.1 Å². The molecule has 5 saturated carbocycles. The number of carbonyl (C=O) groups is 1. The fraction of sp³-hybridized carbons (Fsp3) is 0.800. The molecule has 4 atom stereocenters. The first-order chi connectivity index (χ1) is 16.1. The molecule has 6 fully saturated rings. The van der Waals surface area contributed by atoms with Gasteiger partial charge in [0, 0.05) is 44.1 Å². The molecule has 6 aliphatic rings. The number of aromatic nitrogens is 2. The molecule has 186 valence electrons. The van der Waals surface area contributed by atoms with E-state index in [1.807, 2.05) is 18.7 Å². The fourth-order valence-electron chi connectivity index (χ4n) is 7.67. The Morgan fingerprint density at radius 3 is 2.35 bits per heavy atom. The van der Waals surface area contributed by atoms with Gasteiger partial charge in [-0.1, -0.05) is 0 Å². The third kappa shape index (κ3) is 3.98. The molecule has 0 spiro atoms. The maximum atomic E-state index is 13.8. The molecule has 1 saturated heterocycles. The Bertz CT molecular complexity index is 957. The first-order valence-corrected chi connectivity index (χ1v) is 12.8. The molecule has 0 radical (unpaired) electrons. The second-order valence-electron chi connectivity index (χ2n) is 11.8. The van der Waals surface area contributed by atoms with Crippen LogP contribution in [0.15, 0.2) is 6.20 Å². The average molecular weight is 477 g/mol. The molecule has 0 aromatic carbocycles. The summed E-state index contributed by atoms with van der Waals surface area (Å²) in [6.45, 7) is 5.20. The topological polar surface area (TPSA) is 87.6 Å². The summed E-state index contributed by atoms with van der Waals surface area (Å²) in [5.74, 6) is -1.87. The highest BCUT2D eigenvalue weighted by molar-refractivity contribution is 5.95. The smallest absolute Gasteiger partial charge is 0.254 e. The van der Waals surface area contributed by atoms with Gasteiger partial charge in [-0.25, -0.2) is 18.7 Å². The lowest BCUT2D eigenvalue weighted by atomic mass is 9.52. The Kier molecular flexibility index (Phi) is 5.19. The van der Waals surface area contributed by atoms with E-state index in [0.717, 1.165) is 32.1 Å². The lowest BCUT2D eigenvalue weighted by molar-refractivity contribution is -0.136. The van der Waals surface area contributed by atoms with E-state index in [2.05, 4.69) is 10.3 Å². The van der Waals surface area contributed by atoms with Crippen LogP contribution in [-0.2, 0) is 4.74 Å². The highest BCUT2D eigenvalue weighted by Gasteiger charge is 2.55. The number of amides is 1. The SMILES string of the molecule is C[C@@H]1CN(c2ncc(C(=O)NC3C4CC5CC3CC(O)(C5)C4)c(C3CC(F)(F)C3)n2)C[C@H](C)O1. The predicted octanol–water partition coefficient (Wildman–Crippen LogP) is 3.27. The number of carbonyl (C=O) groups excluding carboxylic acids is 1. The lowest BCUT2D eigenvalue weighted by Gasteiger charge is -2.58. The average Bonchev–Trinajstić information content (AvgIpc) is 2.72. The summed E-state index contributed by atoms with van der Waals surface area (Å²) < 4.78 is 33.3. The van der Waals surface area contributed by atoms with E-state index in [1.165, 1.54) is 6.20 Å². The van der Waals surface area contributed by atoms with Crippen LogP contribution in [0.2, 0.25) is 0 Å². The molecule has 7 rings (SSSR count). The molecule has 1 aromatic heterocycles. The van der Waals surface area contributed by atoms with Crippen LogP contribution >= 0.6 is 0 Å². The van der Waals surface area contributed by atoms with E-state index < -0.39 is 17.4 Å². The van der Waals surface area contributed by atoms with Gasteiger partial charge in [-0.2, -0.15) is 0 Å². The molecule has 2 heterocycles. The summed E-state index contributed by atoms with van der Waals surface area (Å²) >= 11 is 0. The van der Waals surface area contributed by atoms with Crippen molar-refractivity contribution in [3.63, 3.8) is 0 Å². The van der Waals surface area contributed by atoms with Gasteiger partial charge in [-0.05, 0) is 63.7 Å². The van der Waals surface area contributed by atoms with E-state index in [-0.39, 0.29) is 48.8 Å². The number of hydrogen-bond donors (Lipinski definition) is 2. The zero-order valence-corrected chi connectivity index (χ0v) is 19.8. The molecule has 2 unspecified atom stereocenters. The Hall–Kier alpha value is -1.87. The number of anilines is 1. The lowest BCUT2D eigenvalue weighted by Crippen LogP contribution is -2.61. The van der Waals surface area contributed by atoms with Gasteiger partial charge in [0.05, 0.1) is 29.1 Å². The number of hydrogen-bond acceptors (Lipinski definition) is 6. The van der Waals surface area contributed by atoms with Gasteiger partial charge in [0.25, 0.3) is 5.91 Å². The molecular weight excluding hydrogens is 442 g/mol. The highest BCUT2D eigenvalue weighted by atomic mass is 19.3. The van der Waals surface area contributed by atoms with Crippen molar-refractivity contribution in [1.29, 1.82) is 0 Å². The summed E-state index contributed by atoms with van der Waals surface area (Å²) in [7, 11) is 0. The summed E-state index contributed by atoms with van der Waals surface area (Å²) in [6, 6.07) is 0.0145. The van der Waals surface area contributed by atoms with Crippen LogP contribution in [-0.4, -0.2) is 63.8 Å². The van der Waals surface area contributed by atoms with Crippen molar-refractivity contribution in [2.45, 2.75) is 94.5 Å². The number of nitrogens with zero attached hydrogens (tertiary/aromatic N) is 3. The number of rotatable bonds is 4. The number of aliphatic hydroxyl groups is 1. The minimum Gasteiger partial charge on any atom is -0.390 e. The molecule has 2 N–H and O–H groups in total. The van der Waals surface area contributed by atoms with Crippen LogP contribution in [0.25, 0.3) is 0 Å². The zero-order valence-electron chi connectivity index (χ0n) is 19.8. The van der Waals surface area contributed by atoms with Gasteiger partial charge >= 0.3 is 0 Å². The highest BCUT2D eigenvalue weighted by Crippen LogP contribution is 2.56. The third-order valence-electron chi connectivity index (χ3n) is 8.77. The van der Waals surface area contributed by atoms with Gasteiger partial charge in [0.1, 0.15) is 0 Å². The second-order valence-corrected chi connectivity index (χ2v) is 11.8. The van der Waals surface area contributed by atoms with Crippen molar-refractivity contribution in [2.24, 2.45) is 17.8 Å². The van der Waals surface area contributed by atoms with Crippen LogP contribution in [0.1, 0.15) is 80.8 Å². The van der Waals surface area contributed by atoms with Crippen molar-refractivity contribution in [2.75, 3.05) is 18.0 Å². The monoisotopic (exact) mass is 476 g/mol. The quantitative estimate of drug-likeness (QED) is 0.694. The van der Waals surface area contributed by atoms with Crippen molar-refractivity contribution in [1.82, 2.24) is 15.3 Å². The van der Waals surface area contributed by atoms with Crippen LogP contribution < -0.4 is 10.2 Å². The summed E-state index contributed by atoms with van der Waals surface area (Å²) in [4.78, 5) is 24.7. The Labute approximate surface area is 198 Å². The molecule has 1 aromatic rings. The fourth-order valence-corrected chi connectivity index (χ4v) is 7.67.